The van der Waals surface area contributed by atoms with Gasteiger partial charge in [-0.1, -0.05) is 0 Å². The molecule has 0 radical (unpaired) electrons. The Morgan fingerprint density at radius 2 is 2.00 bits per heavy atom. The number of halogens is 4. The van der Waals surface area contributed by atoms with Crippen LogP contribution in [0.4, 0.5) is 13.2 Å². The van der Waals surface area contributed by atoms with Crippen molar-refractivity contribution in [3.05, 3.63) is 28.2 Å². The normalized spacial score (nSPS) is 21.0. The number of hydrogen-bond acceptors (Lipinski definition) is 3. The number of rotatable bonds is 4. The van der Waals surface area contributed by atoms with Gasteiger partial charge in [0.05, 0.1) is 10.4 Å². The average Bonchev–Trinajstić information content (AvgIpc) is 2.88. The Morgan fingerprint density at radius 1 is 1.30 bits per heavy atom. The summed E-state index contributed by atoms with van der Waals surface area (Å²) in [5, 5.41) is 11.6. The molecule has 23 heavy (non-hydrogen) atoms. The minimum atomic E-state index is -4.86. The van der Waals surface area contributed by atoms with Gasteiger partial charge in [0.1, 0.15) is 5.75 Å². The highest BCUT2D eigenvalue weighted by Gasteiger charge is 2.33. The van der Waals surface area contributed by atoms with Crippen LogP contribution in [0.3, 0.4) is 0 Å². The molecule has 1 fully saturated rings. The molecule has 0 aromatic heterocycles. The zero-order valence-corrected chi connectivity index (χ0v) is 13.3. The number of carbonyl (C=O) groups is 2. The molecule has 0 heterocycles. The molecular weight excluding hydrogens is 383 g/mol. The molecular formula is C14H13BrF3NO4. The summed E-state index contributed by atoms with van der Waals surface area (Å²) in [6, 6.07) is 3.31. The molecule has 9 heteroatoms. The fourth-order valence-electron chi connectivity index (χ4n) is 2.45. The van der Waals surface area contributed by atoms with Crippen LogP contribution in [0.25, 0.3) is 0 Å². The third-order valence-electron chi connectivity index (χ3n) is 3.54. The standard InChI is InChI=1S/C14H13BrF3NO4/c15-10-4-2-7(6-11(10)23-14(16,17)18)12(20)19-9-3-1-8(5-9)13(21)22/h2,4,6,8-9H,1,3,5H2,(H,19,20)(H,21,22)/t8-,9+/m1/s1. The second kappa shape index (κ2) is 6.77. The highest BCUT2D eigenvalue weighted by molar-refractivity contribution is 9.10. The van der Waals surface area contributed by atoms with Crippen molar-refractivity contribution < 1.29 is 32.6 Å². The van der Waals surface area contributed by atoms with Crippen LogP contribution < -0.4 is 10.1 Å². The summed E-state index contributed by atoms with van der Waals surface area (Å²) < 4.78 is 40.8. The van der Waals surface area contributed by atoms with Gasteiger partial charge in [-0.05, 0) is 53.4 Å². The minimum Gasteiger partial charge on any atom is -0.481 e. The van der Waals surface area contributed by atoms with Crippen LogP contribution in [0.5, 0.6) is 5.75 Å². The highest BCUT2D eigenvalue weighted by Crippen LogP contribution is 2.31. The average molecular weight is 396 g/mol. The van der Waals surface area contributed by atoms with E-state index in [4.69, 9.17) is 5.11 Å². The number of alkyl halides is 3. The molecule has 2 atom stereocenters. The molecule has 0 unspecified atom stereocenters. The Kier molecular flexibility index (Phi) is 5.18. The molecule has 1 saturated carbocycles. The number of carboxylic acid groups (broad SMARTS) is 1. The molecule has 5 nitrogen and oxygen atoms in total. The summed E-state index contributed by atoms with van der Waals surface area (Å²) in [7, 11) is 0. The second-order valence-corrected chi connectivity index (χ2v) is 6.07. The van der Waals surface area contributed by atoms with Gasteiger partial charge < -0.3 is 15.2 Å². The van der Waals surface area contributed by atoms with Crippen molar-refractivity contribution in [2.75, 3.05) is 0 Å². The lowest BCUT2D eigenvalue weighted by atomic mass is 10.1. The maximum absolute atomic E-state index is 12.3. The predicted octanol–water partition coefficient (Wildman–Crippen LogP) is 3.33. The number of carboxylic acids is 1. The summed E-state index contributed by atoms with van der Waals surface area (Å²) in [5.41, 5.74) is 0.00576. The van der Waals surface area contributed by atoms with Crippen molar-refractivity contribution in [2.24, 2.45) is 5.92 Å². The Balaban J connectivity index is 2.05. The fourth-order valence-corrected chi connectivity index (χ4v) is 2.78. The molecule has 126 valence electrons. The lowest BCUT2D eigenvalue weighted by molar-refractivity contribution is -0.274. The quantitative estimate of drug-likeness (QED) is 0.819. The van der Waals surface area contributed by atoms with Crippen molar-refractivity contribution in [3.8, 4) is 5.75 Å². The maximum atomic E-state index is 12.3. The number of nitrogens with one attached hydrogen (secondary N) is 1. The molecule has 1 amide bonds. The van der Waals surface area contributed by atoms with E-state index in [0.717, 1.165) is 6.07 Å². The van der Waals surface area contributed by atoms with Gasteiger partial charge in [0.15, 0.2) is 0 Å². The first-order chi connectivity index (χ1) is 10.7. The predicted molar refractivity (Wildman–Crippen MR) is 77.1 cm³/mol. The topological polar surface area (TPSA) is 75.6 Å². The van der Waals surface area contributed by atoms with Gasteiger partial charge >= 0.3 is 12.3 Å². The van der Waals surface area contributed by atoms with E-state index in [2.05, 4.69) is 26.0 Å². The van der Waals surface area contributed by atoms with E-state index >= 15 is 0 Å². The van der Waals surface area contributed by atoms with Gasteiger partial charge in [0, 0.05) is 11.6 Å². The zero-order chi connectivity index (χ0) is 17.2. The first-order valence-electron chi connectivity index (χ1n) is 6.74. The Bertz CT molecular complexity index is 621. The van der Waals surface area contributed by atoms with Crippen LogP contribution in [0.2, 0.25) is 0 Å². The molecule has 1 aromatic rings. The molecule has 1 aromatic carbocycles. The van der Waals surface area contributed by atoms with Crippen LogP contribution in [0.1, 0.15) is 29.6 Å². The molecule has 2 rings (SSSR count). The number of benzene rings is 1. The van der Waals surface area contributed by atoms with E-state index in [9.17, 15) is 22.8 Å². The summed E-state index contributed by atoms with van der Waals surface area (Å²) in [4.78, 5) is 23.0. The van der Waals surface area contributed by atoms with E-state index in [1.807, 2.05) is 0 Å². The van der Waals surface area contributed by atoms with E-state index in [1.165, 1.54) is 12.1 Å². The summed E-state index contributed by atoms with van der Waals surface area (Å²) in [5.74, 6) is -2.50. The van der Waals surface area contributed by atoms with Gasteiger partial charge in [0.25, 0.3) is 5.91 Å². The van der Waals surface area contributed by atoms with Gasteiger partial charge in [-0.25, -0.2) is 0 Å². The number of aliphatic carboxylic acids is 1. The number of amides is 1. The molecule has 0 bridgehead atoms. The lowest BCUT2D eigenvalue weighted by Gasteiger charge is -2.14. The fraction of sp³-hybridized carbons (Fsp3) is 0.429. The number of ether oxygens (including phenoxy) is 1. The van der Waals surface area contributed by atoms with E-state index in [-0.39, 0.29) is 16.1 Å². The third kappa shape index (κ3) is 4.85. The summed E-state index contributed by atoms with van der Waals surface area (Å²) in [6.07, 6.45) is -3.57. The number of hydrogen-bond donors (Lipinski definition) is 2. The Hall–Kier alpha value is -1.77. The molecule has 0 aliphatic heterocycles. The maximum Gasteiger partial charge on any atom is 0.573 e. The van der Waals surface area contributed by atoms with Gasteiger partial charge in [-0.2, -0.15) is 0 Å². The Labute approximate surface area is 137 Å². The largest absolute Gasteiger partial charge is 0.573 e. The monoisotopic (exact) mass is 395 g/mol. The molecule has 2 N–H and O–H groups in total. The zero-order valence-electron chi connectivity index (χ0n) is 11.7. The van der Waals surface area contributed by atoms with E-state index < -0.39 is 29.9 Å². The third-order valence-corrected chi connectivity index (χ3v) is 4.19. The smallest absolute Gasteiger partial charge is 0.481 e. The van der Waals surface area contributed by atoms with Crippen molar-refractivity contribution in [1.82, 2.24) is 5.32 Å². The molecule has 1 aliphatic rings. The van der Waals surface area contributed by atoms with E-state index in [1.54, 1.807) is 0 Å². The van der Waals surface area contributed by atoms with Crippen molar-refractivity contribution in [3.63, 3.8) is 0 Å². The molecule has 0 spiro atoms. The highest BCUT2D eigenvalue weighted by atomic mass is 79.9. The van der Waals surface area contributed by atoms with Crippen LogP contribution in [0.15, 0.2) is 22.7 Å². The van der Waals surface area contributed by atoms with Crippen molar-refractivity contribution in [1.29, 1.82) is 0 Å². The molecule has 0 saturated heterocycles. The Morgan fingerprint density at radius 3 is 2.57 bits per heavy atom. The number of carbonyl (C=O) groups excluding carboxylic acids is 1. The second-order valence-electron chi connectivity index (χ2n) is 5.21. The summed E-state index contributed by atoms with van der Waals surface area (Å²) >= 11 is 2.92. The van der Waals surface area contributed by atoms with Crippen molar-refractivity contribution >= 4 is 27.8 Å². The van der Waals surface area contributed by atoms with E-state index in [0.29, 0.717) is 19.3 Å². The van der Waals surface area contributed by atoms with Gasteiger partial charge in [0.2, 0.25) is 0 Å². The first-order valence-corrected chi connectivity index (χ1v) is 7.54. The minimum absolute atomic E-state index is 0.00576. The summed E-state index contributed by atoms with van der Waals surface area (Å²) in [6.45, 7) is 0. The van der Waals surface area contributed by atoms with Crippen LogP contribution in [0, 0.1) is 5.92 Å². The van der Waals surface area contributed by atoms with Crippen LogP contribution >= 0.6 is 15.9 Å². The van der Waals surface area contributed by atoms with Gasteiger partial charge in [-0.15, -0.1) is 13.2 Å². The SMILES string of the molecule is O=C(N[C@H]1CC[C@@H](C(=O)O)C1)c1ccc(Br)c(OC(F)(F)F)c1. The molecule has 1 aliphatic carbocycles. The van der Waals surface area contributed by atoms with Crippen LogP contribution in [-0.4, -0.2) is 29.4 Å². The lowest BCUT2D eigenvalue weighted by Crippen LogP contribution is -2.33. The first kappa shape index (κ1) is 17.6. The van der Waals surface area contributed by atoms with Crippen molar-refractivity contribution in [2.45, 2.75) is 31.7 Å². The van der Waals surface area contributed by atoms with Gasteiger partial charge in [-0.3, -0.25) is 9.59 Å². The van der Waals surface area contributed by atoms with Crippen LogP contribution in [-0.2, 0) is 4.79 Å².